The van der Waals surface area contributed by atoms with Crippen LogP contribution in [0, 0.1) is 17.6 Å². The Hall–Kier alpha value is -1.73. The molecule has 0 radical (unpaired) electrons. The third-order valence-corrected chi connectivity index (χ3v) is 6.02. The van der Waals surface area contributed by atoms with E-state index < -0.39 is 17.7 Å². The van der Waals surface area contributed by atoms with Gasteiger partial charge in [-0.3, -0.25) is 4.90 Å². The molecule has 1 amide bonds. The second-order valence-corrected chi connectivity index (χ2v) is 7.87. The summed E-state index contributed by atoms with van der Waals surface area (Å²) in [6.07, 6.45) is 5.38. The molecular formula is C20H29F2N3O2. The van der Waals surface area contributed by atoms with Crippen molar-refractivity contribution in [2.45, 2.75) is 63.1 Å². The van der Waals surface area contributed by atoms with Crippen molar-refractivity contribution >= 4 is 6.09 Å². The minimum Gasteiger partial charge on any atom is -0.445 e. The van der Waals surface area contributed by atoms with Crippen molar-refractivity contribution in [1.82, 2.24) is 4.90 Å². The van der Waals surface area contributed by atoms with Crippen molar-refractivity contribution in [1.29, 1.82) is 0 Å². The summed E-state index contributed by atoms with van der Waals surface area (Å²) >= 11 is 0. The van der Waals surface area contributed by atoms with Crippen molar-refractivity contribution in [2.75, 3.05) is 13.1 Å². The summed E-state index contributed by atoms with van der Waals surface area (Å²) in [5.41, 5.74) is 11.8. The Morgan fingerprint density at radius 2 is 1.96 bits per heavy atom. The molecule has 1 aromatic rings. The monoisotopic (exact) mass is 381 g/mol. The van der Waals surface area contributed by atoms with Gasteiger partial charge < -0.3 is 16.2 Å². The lowest BCUT2D eigenvalue weighted by atomic mass is 9.79. The van der Waals surface area contributed by atoms with E-state index in [-0.39, 0.29) is 12.1 Å². The number of amides is 1. The minimum absolute atomic E-state index is 0.118. The Morgan fingerprint density at radius 3 is 2.67 bits per heavy atom. The molecule has 1 aromatic carbocycles. The summed E-state index contributed by atoms with van der Waals surface area (Å²) in [5, 5.41) is 0. The number of nitrogens with zero attached hydrogens (tertiary/aromatic N) is 1. The van der Waals surface area contributed by atoms with E-state index >= 15 is 0 Å². The van der Waals surface area contributed by atoms with Gasteiger partial charge >= 0.3 is 6.09 Å². The average Bonchev–Trinajstić information content (AvgIpc) is 2.64. The SMILES string of the molecule is NC(=O)O[C@@H]1CCCN(C2CCC([C@H](N)Cc3cc(F)ccc3F)CC2)C1. The van der Waals surface area contributed by atoms with E-state index in [9.17, 15) is 13.6 Å². The number of hydrogen-bond acceptors (Lipinski definition) is 4. The molecule has 4 N–H and O–H groups in total. The van der Waals surface area contributed by atoms with Crippen LogP contribution in [-0.2, 0) is 11.2 Å². The summed E-state index contributed by atoms with van der Waals surface area (Å²) in [4.78, 5) is 13.4. The molecule has 7 heteroatoms. The number of likely N-dealkylation sites (tertiary alicyclic amines) is 1. The molecule has 3 rings (SSSR count). The Bertz CT molecular complexity index is 650. The molecule has 0 bridgehead atoms. The van der Waals surface area contributed by atoms with Gasteiger partial charge in [-0.25, -0.2) is 13.6 Å². The predicted octanol–water partition coefficient (Wildman–Crippen LogP) is 2.95. The third kappa shape index (κ3) is 5.39. The summed E-state index contributed by atoms with van der Waals surface area (Å²) in [5.74, 6) is -0.513. The first kappa shape index (κ1) is 20.0. The molecule has 1 saturated heterocycles. The molecule has 1 heterocycles. The van der Waals surface area contributed by atoms with Gasteiger partial charge in [-0.15, -0.1) is 0 Å². The quantitative estimate of drug-likeness (QED) is 0.822. The number of primary amides is 1. The topological polar surface area (TPSA) is 81.6 Å². The molecule has 27 heavy (non-hydrogen) atoms. The smallest absolute Gasteiger partial charge is 0.404 e. The van der Waals surface area contributed by atoms with Gasteiger partial charge in [-0.05, 0) is 81.2 Å². The molecule has 0 unspecified atom stereocenters. The van der Waals surface area contributed by atoms with Crippen LogP contribution in [0.1, 0.15) is 44.1 Å². The van der Waals surface area contributed by atoms with Crippen LogP contribution in [-0.4, -0.2) is 42.3 Å². The van der Waals surface area contributed by atoms with Crippen LogP contribution in [0.4, 0.5) is 13.6 Å². The fourth-order valence-corrected chi connectivity index (χ4v) is 4.57. The summed E-state index contributed by atoms with van der Waals surface area (Å²) in [7, 11) is 0. The number of halogens is 2. The number of carbonyl (C=O) groups is 1. The van der Waals surface area contributed by atoms with Gasteiger partial charge in [0.2, 0.25) is 0 Å². The second kappa shape index (κ2) is 8.97. The van der Waals surface area contributed by atoms with Gasteiger partial charge in [0, 0.05) is 18.6 Å². The van der Waals surface area contributed by atoms with E-state index in [1.54, 1.807) is 0 Å². The highest BCUT2D eigenvalue weighted by molar-refractivity contribution is 5.64. The Morgan fingerprint density at radius 1 is 1.22 bits per heavy atom. The zero-order valence-corrected chi connectivity index (χ0v) is 15.6. The molecular weight excluding hydrogens is 352 g/mol. The molecule has 2 fully saturated rings. The molecule has 0 spiro atoms. The van der Waals surface area contributed by atoms with Gasteiger partial charge in [-0.1, -0.05) is 0 Å². The van der Waals surface area contributed by atoms with E-state index in [1.807, 2.05) is 0 Å². The number of carbonyl (C=O) groups excluding carboxylic acids is 1. The first-order valence-electron chi connectivity index (χ1n) is 9.82. The standard InChI is InChI=1S/C20H29F2N3O2/c21-15-5-8-18(22)14(10-15)11-19(23)13-3-6-16(7-4-13)25-9-1-2-17(12-25)27-20(24)26/h5,8,10,13,16-17,19H,1-4,6-7,9,11-12,23H2,(H2,24,26)/t13?,16?,17-,19-/m1/s1. The third-order valence-electron chi connectivity index (χ3n) is 6.02. The Balaban J connectivity index is 1.49. The Labute approximate surface area is 159 Å². The maximum Gasteiger partial charge on any atom is 0.404 e. The lowest BCUT2D eigenvalue weighted by Gasteiger charge is -2.41. The molecule has 1 aliphatic heterocycles. The number of ether oxygens (including phenoxy) is 1. The molecule has 150 valence electrons. The van der Waals surface area contributed by atoms with Gasteiger partial charge in [0.25, 0.3) is 0 Å². The lowest BCUT2D eigenvalue weighted by Crippen LogP contribution is -2.48. The van der Waals surface area contributed by atoms with Crippen LogP contribution >= 0.6 is 0 Å². The number of nitrogens with two attached hydrogens (primary N) is 2. The zero-order valence-electron chi connectivity index (χ0n) is 15.6. The van der Waals surface area contributed by atoms with Crippen LogP contribution in [0.25, 0.3) is 0 Å². The van der Waals surface area contributed by atoms with Gasteiger partial charge in [-0.2, -0.15) is 0 Å². The average molecular weight is 381 g/mol. The first-order chi connectivity index (χ1) is 12.9. The highest BCUT2D eigenvalue weighted by atomic mass is 19.1. The summed E-state index contributed by atoms with van der Waals surface area (Å²) < 4.78 is 32.4. The molecule has 1 aliphatic carbocycles. The summed E-state index contributed by atoms with van der Waals surface area (Å²) in [6.45, 7) is 1.74. The van der Waals surface area contributed by atoms with Crippen LogP contribution in [0.15, 0.2) is 18.2 Å². The van der Waals surface area contributed by atoms with E-state index in [0.29, 0.717) is 23.9 Å². The molecule has 0 aromatic heterocycles. The van der Waals surface area contributed by atoms with Gasteiger partial charge in [0.05, 0.1) is 0 Å². The second-order valence-electron chi connectivity index (χ2n) is 7.87. The van der Waals surface area contributed by atoms with Crippen LogP contribution in [0.5, 0.6) is 0 Å². The van der Waals surface area contributed by atoms with E-state index in [0.717, 1.165) is 63.7 Å². The summed E-state index contributed by atoms with van der Waals surface area (Å²) in [6, 6.07) is 3.82. The minimum atomic E-state index is -0.707. The fraction of sp³-hybridized carbons (Fsp3) is 0.650. The van der Waals surface area contributed by atoms with E-state index in [4.69, 9.17) is 16.2 Å². The largest absolute Gasteiger partial charge is 0.445 e. The molecule has 2 aliphatic rings. The van der Waals surface area contributed by atoms with Crippen LogP contribution in [0.2, 0.25) is 0 Å². The Kier molecular flexibility index (Phi) is 6.65. The zero-order chi connectivity index (χ0) is 19.4. The van der Waals surface area contributed by atoms with Crippen LogP contribution in [0.3, 0.4) is 0 Å². The number of rotatable bonds is 5. The van der Waals surface area contributed by atoms with Crippen molar-refractivity contribution < 1.29 is 18.3 Å². The lowest BCUT2D eigenvalue weighted by molar-refractivity contribution is 0.0181. The fourth-order valence-electron chi connectivity index (χ4n) is 4.57. The van der Waals surface area contributed by atoms with Crippen LogP contribution < -0.4 is 11.5 Å². The van der Waals surface area contributed by atoms with Crippen molar-refractivity contribution in [2.24, 2.45) is 17.4 Å². The molecule has 2 atom stereocenters. The normalized spacial score (nSPS) is 27.9. The number of benzene rings is 1. The maximum atomic E-state index is 13.9. The number of piperidine rings is 1. The highest BCUT2D eigenvalue weighted by Gasteiger charge is 2.32. The van der Waals surface area contributed by atoms with Gasteiger partial charge in [0.1, 0.15) is 17.7 Å². The molecule has 1 saturated carbocycles. The van der Waals surface area contributed by atoms with Crippen molar-refractivity contribution in [3.63, 3.8) is 0 Å². The highest BCUT2D eigenvalue weighted by Crippen LogP contribution is 2.32. The predicted molar refractivity (Wildman–Crippen MR) is 99.0 cm³/mol. The number of hydrogen-bond donors (Lipinski definition) is 2. The first-order valence-corrected chi connectivity index (χ1v) is 9.82. The van der Waals surface area contributed by atoms with Crippen molar-refractivity contribution in [3.8, 4) is 0 Å². The van der Waals surface area contributed by atoms with E-state index in [1.165, 1.54) is 6.07 Å². The molecule has 5 nitrogen and oxygen atoms in total. The van der Waals surface area contributed by atoms with E-state index in [2.05, 4.69) is 4.90 Å². The maximum absolute atomic E-state index is 13.9. The van der Waals surface area contributed by atoms with Crippen molar-refractivity contribution in [3.05, 3.63) is 35.4 Å². The van der Waals surface area contributed by atoms with Gasteiger partial charge in [0.15, 0.2) is 0 Å².